The van der Waals surface area contributed by atoms with E-state index in [0.717, 1.165) is 0 Å². The predicted octanol–water partition coefficient (Wildman–Crippen LogP) is 9.76. The topological polar surface area (TPSA) is 9.86 Å². The largest absolute Gasteiger partial charge is 0.343 e. The van der Waals surface area contributed by atoms with Gasteiger partial charge in [0.2, 0.25) is 0 Å². The Bertz CT molecular complexity index is 2160. The summed E-state index contributed by atoms with van der Waals surface area (Å²) in [6, 6.07) is 50.4. The predicted molar refractivity (Wildman–Crippen MR) is 166 cm³/mol. The molecule has 0 aliphatic heterocycles. The van der Waals surface area contributed by atoms with Crippen molar-refractivity contribution in [1.82, 2.24) is 9.13 Å². The van der Waals surface area contributed by atoms with Crippen LogP contribution in [0.2, 0.25) is 0 Å². The van der Waals surface area contributed by atoms with Gasteiger partial charge in [-0.05, 0) is 58.7 Å². The van der Waals surface area contributed by atoms with Crippen molar-refractivity contribution in [2.45, 2.75) is 0 Å². The van der Waals surface area contributed by atoms with Gasteiger partial charge in [-0.25, -0.2) is 0 Å². The third-order valence-electron chi connectivity index (χ3n) is 8.13. The average Bonchev–Trinajstić information content (AvgIpc) is 3.50. The number of rotatable bonds is 3. The molecular formula is C37H26N2. The first-order valence-corrected chi connectivity index (χ1v) is 13.4. The monoisotopic (exact) mass is 498 g/mol. The molecule has 0 fully saturated rings. The van der Waals surface area contributed by atoms with Crippen LogP contribution in [-0.2, 0) is 7.05 Å². The van der Waals surface area contributed by atoms with Crippen molar-refractivity contribution >= 4 is 43.6 Å². The fourth-order valence-electron chi connectivity index (χ4n) is 6.31. The molecule has 0 bridgehead atoms. The Morgan fingerprint density at radius 1 is 0.410 bits per heavy atom. The van der Waals surface area contributed by atoms with Gasteiger partial charge in [-0.15, -0.1) is 0 Å². The molecule has 0 amide bonds. The van der Waals surface area contributed by atoms with E-state index in [4.69, 9.17) is 0 Å². The van der Waals surface area contributed by atoms with E-state index in [-0.39, 0.29) is 0 Å². The van der Waals surface area contributed by atoms with Crippen LogP contribution in [0.3, 0.4) is 0 Å². The summed E-state index contributed by atoms with van der Waals surface area (Å²) >= 11 is 0. The lowest BCUT2D eigenvalue weighted by atomic mass is 9.99. The molecule has 0 saturated heterocycles. The zero-order chi connectivity index (χ0) is 25.9. The summed E-state index contributed by atoms with van der Waals surface area (Å²) in [6.45, 7) is 0. The maximum Gasteiger partial charge on any atom is 0.0590 e. The lowest BCUT2D eigenvalue weighted by Gasteiger charge is -2.10. The van der Waals surface area contributed by atoms with Gasteiger partial charge in [0.05, 0.1) is 16.6 Å². The Morgan fingerprint density at radius 3 is 1.79 bits per heavy atom. The number of para-hydroxylation sites is 2. The van der Waals surface area contributed by atoms with Crippen LogP contribution in [0.15, 0.2) is 140 Å². The van der Waals surface area contributed by atoms with Crippen LogP contribution in [0.25, 0.3) is 71.6 Å². The summed E-state index contributed by atoms with van der Waals surface area (Å²) in [5, 5.41) is 5.19. The molecular weight excluding hydrogens is 472 g/mol. The van der Waals surface area contributed by atoms with Crippen LogP contribution >= 0.6 is 0 Å². The van der Waals surface area contributed by atoms with E-state index in [1.54, 1.807) is 0 Å². The first kappa shape index (κ1) is 22.0. The van der Waals surface area contributed by atoms with Crippen molar-refractivity contribution in [3.8, 4) is 27.9 Å². The number of benzene rings is 6. The lowest BCUT2D eigenvalue weighted by Crippen LogP contribution is -1.94. The van der Waals surface area contributed by atoms with Crippen molar-refractivity contribution in [2.75, 3.05) is 0 Å². The third kappa shape index (κ3) is 3.28. The number of fused-ring (bicyclic) bond motifs is 7. The summed E-state index contributed by atoms with van der Waals surface area (Å²) in [4.78, 5) is 0. The molecule has 2 heterocycles. The van der Waals surface area contributed by atoms with Crippen LogP contribution in [0.5, 0.6) is 0 Å². The summed E-state index contributed by atoms with van der Waals surface area (Å²) < 4.78 is 4.76. The minimum absolute atomic E-state index is 1.17. The molecule has 0 N–H and O–H groups in total. The average molecular weight is 499 g/mol. The van der Waals surface area contributed by atoms with Crippen molar-refractivity contribution < 1.29 is 0 Å². The number of aromatic nitrogens is 2. The quantitative estimate of drug-likeness (QED) is 0.229. The molecule has 0 atom stereocenters. The summed E-state index contributed by atoms with van der Waals surface area (Å²) in [7, 11) is 2.19. The molecule has 184 valence electrons. The highest BCUT2D eigenvalue weighted by molar-refractivity contribution is 6.25. The molecule has 0 spiro atoms. The van der Waals surface area contributed by atoms with E-state index in [0.29, 0.717) is 0 Å². The molecule has 0 aliphatic carbocycles. The van der Waals surface area contributed by atoms with E-state index < -0.39 is 0 Å². The van der Waals surface area contributed by atoms with E-state index in [2.05, 4.69) is 156 Å². The maximum absolute atomic E-state index is 2.41. The third-order valence-corrected chi connectivity index (χ3v) is 8.13. The van der Waals surface area contributed by atoms with Crippen molar-refractivity contribution in [3.63, 3.8) is 0 Å². The second kappa shape index (κ2) is 8.47. The van der Waals surface area contributed by atoms with Gasteiger partial charge >= 0.3 is 0 Å². The number of aryl methyl sites for hydroxylation is 1. The van der Waals surface area contributed by atoms with Gasteiger partial charge in [-0.3, -0.25) is 0 Å². The summed E-state index contributed by atoms with van der Waals surface area (Å²) in [5.74, 6) is 0. The molecule has 8 aromatic rings. The SMILES string of the molecule is Cn1c2ccccc2c2ccc3c(c4ccccc4n3-c3ccc(-c4cccc(-c5ccccc5)c4)cc3)c21. The molecule has 6 aromatic carbocycles. The Hall–Kier alpha value is -5.08. The molecule has 0 aliphatic rings. The molecule has 2 aromatic heterocycles. The summed E-state index contributed by atoms with van der Waals surface area (Å²) in [6.07, 6.45) is 0. The van der Waals surface area contributed by atoms with Crippen LogP contribution in [0, 0.1) is 0 Å². The van der Waals surface area contributed by atoms with Crippen molar-refractivity contribution in [1.29, 1.82) is 0 Å². The second-order valence-electron chi connectivity index (χ2n) is 10.3. The molecule has 39 heavy (non-hydrogen) atoms. The van der Waals surface area contributed by atoms with Crippen molar-refractivity contribution in [3.05, 3.63) is 140 Å². The van der Waals surface area contributed by atoms with Crippen LogP contribution in [0.4, 0.5) is 0 Å². The highest BCUT2D eigenvalue weighted by atomic mass is 15.0. The Labute approximate surface area is 227 Å². The van der Waals surface area contributed by atoms with E-state index in [9.17, 15) is 0 Å². The fraction of sp³-hybridized carbons (Fsp3) is 0.0270. The molecule has 2 heteroatoms. The highest BCUT2D eigenvalue weighted by Gasteiger charge is 2.18. The highest BCUT2D eigenvalue weighted by Crippen LogP contribution is 2.40. The minimum atomic E-state index is 1.17. The zero-order valence-corrected chi connectivity index (χ0v) is 21.7. The lowest BCUT2D eigenvalue weighted by molar-refractivity contribution is 1.02. The van der Waals surface area contributed by atoms with Crippen LogP contribution in [-0.4, -0.2) is 9.13 Å². The van der Waals surface area contributed by atoms with E-state index >= 15 is 0 Å². The van der Waals surface area contributed by atoms with Gasteiger partial charge < -0.3 is 9.13 Å². The van der Waals surface area contributed by atoms with Crippen molar-refractivity contribution in [2.24, 2.45) is 7.05 Å². The van der Waals surface area contributed by atoms with Gasteiger partial charge in [-0.2, -0.15) is 0 Å². The van der Waals surface area contributed by atoms with Gasteiger partial charge in [0, 0.05) is 39.8 Å². The molecule has 0 saturated carbocycles. The molecule has 8 rings (SSSR count). The Balaban J connectivity index is 1.31. The number of hydrogen-bond acceptors (Lipinski definition) is 0. The maximum atomic E-state index is 2.41. The van der Waals surface area contributed by atoms with Crippen LogP contribution in [0.1, 0.15) is 0 Å². The minimum Gasteiger partial charge on any atom is -0.343 e. The molecule has 0 unspecified atom stereocenters. The molecule has 2 nitrogen and oxygen atoms in total. The van der Waals surface area contributed by atoms with Gasteiger partial charge in [-0.1, -0.05) is 103 Å². The Kier molecular flexibility index (Phi) is 4.77. The summed E-state index contributed by atoms with van der Waals surface area (Å²) in [5.41, 5.74) is 11.1. The first-order valence-electron chi connectivity index (χ1n) is 13.4. The smallest absolute Gasteiger partial charge is 0.0590 e. The number of hydrogen-bond donors (Lipinski definition) is 0. The standard InChI is InChI=1S/C37H26N2/c1-38-33-16-7-5-14-30(33)31-22-23-35-36(37(31)38)32-15-6-8-17-34(32)39(35)29-20-18-26(19-21-29)28-13-9-12-27(24-28)25-10-3-2-4-11-25/h2-24H,1H3. The molecule has 0 radical (unpaired) electrons. The van der Waals surface area contributed by atoms with Gasteiger partial charge in [0.1, 0.15) is 0 Å². The normalized spacial score (nSPS) is 11.7. The number of nitrogens with zero attached hydrogens (tertiary/aromatic N) is 2. The van der Waals surface area contributed by atoms with Crippen LogP contribution < -0.4 is 0 Å². The van der Waals surface area contributed by atoms with Gasteiger partial charge in [0.25, 0.3) is 0 Å². The first-order chi connectivity index (χ1) is 19.3. The fourth-order valence-corrected chi connectivity index (χ4v) is 6.31. The van der Waals surface area contributed by atoms with E-state index in [1.807, 2.05) is 0 Å². The zero-order valence-electron chi connectivity index (χ0n) is 21.7. The van der Waals surface area contributed by atoms with E-state index in [1.165, 1.54) is 71.6 Å². The Morgan fingerprint density at radius 2 is 1.03 bits per heavy atom. The second-order valence-corrected chi connectivity index (χ2v) is 10.3. The van der Waals surface area contributed by atoms with Gasteiger partial charge in [0.15, 0.2) is 0 Å².